The smallest absolute Gasteiger partial charge is 0.227 e. The van der Waals surface area contributed by atoms with Crippen molar-refractivity contribution in [1.82, 2.24) is 4.98 Å². The number of fused-ring (bicyclic) bond motifs is 4. The zero-order valence-corrected chi connectivity index (χ0v) is 19.5. The molecule has 3 heterocycles. The number of hydrogen-bond acceptors (Lipinski definition) is 2. The Bertz CT molecular complexity index is 1460. The molecular weight excluding hydrogens is 384 g/mol. The third-order valence-electron chi connectivity index (χ3n) is 6.32. The van der Waals surface area contributed by atoms with Crippen LogP contribution in [-0.2, 0) is 7.05 Å². The molecule has 3 aromatic heterocycles. The van der Waals surface area contributed by atoms with Gasteiger partial charge in [0.1, 0.15) is 7.05 Å². The summed E-state index contributed by atoms with van der Waals surface area (Å²) in [4.78, 5) is 4.48. The maximum Gasteiger partial charge on any atom is 0.227 e. The molecular formula is C26H27N2OSi+. The summed E-state index contributed by atoms with van der Waals surface area (Å²) in [6.07, 6.45) is 1.80. The van der Waals surface area contributed by atoms with Gasteiger partial charge in [0, 0.05) is 34.5 Å². The van der Waals surface area contributed by atoms with Gasteiger partial charge >= 0.3 is 0 Å². The van der Waals surface area contributed by atoms with E-state index in [1.54, 1.807) is 6.20 Å². The monoisotopic (exact) mass is 411 g/mol. The van der Waals surface area contributed by atoms with Crippen LogP contribution in [0.2, 0.25) is 19.6 Å². The summed E-state index contributed by atoms with van der Waals surface area (Å²) in [5.74, 6) is 0. The molecule has 0 aliphatic rings. The first kappa shape index (κ1) is 19.0. The highest BCUT2D eigenvalue weighted by atomic mass is 28.3. The summed E-state index contributed by atoms with van der Waals surface area (Å²) in [6.45, 7) is 11.6. The van der Waals surface area contributed by atoms with Crippen LogP contribution in [0.1, 0.15) is 11.1 Å². The van der Waals surface area contributed by atoms with Gasteiger partial charge in [-0.2, -0.15) is 4.57 Å². The minimum absolute atomic E-state index is 0.701. The van der Waals surface area contributed by atoms with Crippen LogP contribution in [0.5, 0.6) is 0 Å². The number of pyridine rings is 2. The number of rotatable bonds is 2. The molecule has 3 nitrogen and oxygen atoms in total. The Morgan fingerprint density at radius 3 is 2.40 bits per heavy atom. The van der Waals surface area contributed by atoms with Gasteiger partial charge < -0.3 is 4.42 Å². The molecule has 0 fully saturated rings. The SMILES string of the molecule is Cc1cc2c(oc3ncccc32)c(-c2cc([Si](C)(C)C)c3ccccc3[n+]2C)c1C. The number of furan rings is 1. The summed E-state index contributed by atoms with van der Waals surface area (Å²) in [6, 6.07) is 17.5. The van der Waals surface area contributed by atoms with Gasteiger partial charge in [-0.3, -0.25) is 0 Å². The predicted octanol–water partition coefficient (Wildman–Crippen LogP) is 5.79. The van der Waals surface area contributed by atoms with E-state index < -0.39 is 8.07 Å². The van der Waals surface area contributed by atoms with Crippen molar-refractivity contribution < 1.29 is 8.98 Å². The fraction of sp³-hybridized carbons (Fsp3) is 0.231. The summed E-state index contributed by atoms with van der Waals surface area (Å²) in [5, 5.41) is 5.05. The second kappa shape index (κ2) is 6.51. The second-order valence-electron chi connectivity index (χ2n) is 9.30. The van der Waals surface area contributed by atoms with Crippen molar-refractivity contribution in [2.45, 2.75) is 33.5 Å². The summed E-state index contributed by atoms with van der Waals surface area (Å²) in [5.41, 5.74) is 7.80. The highest BCUT2D eigenvalue weighted by molar-refractivity contribution is 6.90. The van der Waals surface area contributed by atoms with Crippen molar-refractivity contribution in [2.24, 2.45) is 7.05 Å². The van der Waals surface area contributed by atoms with Crippen molar-refractivity contribution in [3.8, 4) is 11.3 Å². The van der Waals surface area contributed by atoms with Gasteiger partial charge in [-0.25, -0.2) is 4.98 Å². The molecule has 0 saturated carbocycles. The number of para-hydroxylation sites is 1. The summed E-state index contributed by atoms with van der Waals surface area (Å²) < 4.78 is 8.67. The van der Waals surface area contributed by atoms with Crippen LogP contribution in [0, 0.1) is 13.8 Å². The van der Waals surface area contributed by atoms with E-state index in [0.717, 1.165) is 16.4 Å². The molecule has 0 aliphatic heterocycles. The molecule has 0 saturated heterocycles. The normalized spacial score (nSPS) is 12.3. The lowest BCUT2D eigenvalue weighted by Gasteiger charge is -2.20. The number of aromatic nitrogens is 2. The molecule has 0 spiro atoms. The molecule has 0 amide bonds. The first-order chi connectivity index (χ1) is 14.3. The predicted molar refractivity (Wildman–Crippen MR) is 128 cm³/mol. The minimum Gasteiger partial charge on any atom is -0.437 e. The molecule has 0 aliphatic carbocycles. The molecule has 30 heavy (non-hydrogen) atoms. The molecule has 150 valence electrons. The molecule has 5 aromatic rings. The van der Waals surface area contributed by atoms with Gasteiger partial charge in [-0.15, -0.1) is 0 Å². The van der Waals surface area contributed by atoms with Crippen LogP contribution in [0.15, 0.2) is 59.1 Å². The minimum atomic E-state index is -1.57. The van der Waals surface area contributed by atoms with E-state index in [1.165, 1.54) is 38.5 Å². The topological polar surface area (TPSA) is 29.9 Å². The lowest BCUT2D eigenvalue weighted by molar-refractivity contribution is -0.633. The first-order valence-corrected chi connectivity index (χ1v) is 14.0. The van der Waals surface area contributed by atoms with E-state index in [9.17, 15) is 0 Å². The van der Waals surface area contributed by atoms with Crippen LogP contribution >= 0.6 is 0 Å². The lowest BCUT2D eigenvalue weighted by atomic mass is 9.96. The van der Waals surface area contributed by atoms with Crippen molar-refractivity contribution in [3.05, 3.63) is 65.9 Å². The van der Waals surface area contributed by atoms with Gasteiger partial charge in [-0.1, -0.05) is 31.8 Å². The number of nitrogens with zero attached hydrogens (tertiary/aromatic N) is 2. The van der Waals surface area contributed by atoms with Gasteiger partial charge in [-0.05, 0) is 54.4 Å². The Hall–Kier alpha value is -2.98. The molecule has 0 N–H and O–H groups in total. The molecule has 0 radical (unpaired) electrons. The maximum atomic E-state index is 6.35. The number of aryl methyl sites for hydroxylation is 2. The fourth-order valence-corrected chi connectivity index (χ4v) is 6.17. The van der Waals surface area contributed by atoms with Crippen molar-refractivity contribution in [3.63, 3.8) is 0 Å². The third-order valence-corrected chi connectivity index (χ3v) is 8.35. The highest BCUT2D eigenvalue weighted by Gasteiger charge is 2.29. The summed E-state index contributed by atoms with van der Waals surface area (Å²) in [7, 11) is 0.595. The molecule has 0 unspecified atom stereocenters. The molecule has 0 atom stereocenters. The Balaban J connectivity index is 1.98. The van der Waals surface area contributed by atoms with Crippen LogP contribution in [-0.4, -0.2) is 13.1 Å². The van der Waals surface area contributed by atoms with Crippen molar-refractivity contribution in [1.29, 1.82) is 0 Å². The zero-order valence-electron chi connectivity index (χ0n) is 18.5. The zero-order chi connectivity index (χ0) is 21.2. The van der Waals surface area contributed by atoms with E-state index in [4.69, 9.17) is 4.42 Å². The van der Waals surface area contributed by atoms with Crippen LogP contribution in [0.3, 0.4) is 0 Å². The standard InChI is InChI=1S/C26H27N2OSi/c1-16-14-20-18-11-9-13-27-26(18)29-25(20)24(17(16)2)22-15-23(30(4,5)6)19-10-7-8-12-21(19)28(22)3/h7-15H,1-6H3/q+1. The summed E-state index contributed by atoms with van der Waals surface area (Å²) >= 11 is 0. The van der Waals surface area contributed by atoms with E-state index in [2.05, 4.69) is 92.6 Å². The van der Waals surface area contributed by atoms with Crippen molar-refractivity contribution >= 4 is 46.2 Å². The average molecular weight is 412 g/mol. The largest absolute Gasteiger partial charge is 0.437 e. The number of benzene rings is 2. The van der Waals surface area contributed by atoms with Crippen molar-refractivity contribution in [2.75, 3.05) is 0 Å². The van der Waals surface area contributed by atoms with Gasteiger partial charge in [0.2, 0.25) is 16.9 Å². The van der Waals surface area contributed by atoms with Gasteiger partial charge in [0.15, 0.2) is 5.58 Å². The molecule has 0 bridgehead atoms. The maximum absolute atomic E-state index is 6.35. The Labute approximate surface area is 178 Å². The van der Waals surface area contributed by atoms with Crippen LogP contribution in [0.25, 0.3) is 44.2 Å². The molecule has 5 rings (SSSR count). The van der Waals surface area contributed by atoms with E-state index >= 15 is 0 Å². The average Bonchev–Trinajstić information content (AvgIpc) is 3.07. The Morgan fingerprint density at radius 2 is 1.63 bits per heavy atom. The van der Waals surface area contributed by atoms with Gasteiger partial charge in [0.25, 0.3) is 0 Å². The lowest BCUT2D eigenvalue weighted by Crippen LogP contribution is -2.43. The van der Waals surface area contributed by atoms with Gasteiger partial charge in [0.05, 0.1) is 13.6 Å². The Morgan fingerprint density at radius 1 is 0.900 bits per heavy atom. The van der Waals surface area contributed by atoms with E-state index in [1.807, 2.05) is 6.07 Å². The quantitative estimate of drug-likeness (QED) is 0.272. The van der Waals surface area contributed by atoms with Crippen LogP contribution < -0.4 is 9.75 Å². The second-order valence-corrected chi connectivity index (χ2v) is 14.3. The van der Waals surface area contributed by atoms with Crippen LogP contribution in [0.4, 0.5) is 0 Å². The van der Waals surface area contributed by atoms with E-state index in [-0.39, 0.29) is 0 Å². The highest BCUT2D eigenvalue weighted by Crippen LogP contribution is 2.38. The third kappa shape index (κ3) is 2.71. The molecule has 4 heteroatoms. The molecule has 2 aromatic carbocycles. The Kier molecular flexibility index (Phi) is 4.12. The van der Waals surface area contributed by atoms with E-state index in [0.29, 0.717) is 5.71 Å². The first-order valence-electron chi connectivity index (χ1n) is 10.5. The fourth-order valence-electron chi connectivity index (χ4n) is 4.58. The number of hydrogen-bond donors (Lipinski definition) is 0.